The van der Waals surface area contributed by atoms with Crippen molar-refractivity contribution in [2.24, 2.45) is 0 Å². The van der Waals surface area contributed by atoms with E-state index < -0.39 is 23.8 Å². The zero-order valence-corrected chi connectivity index (χ0v) is 12.8. The summed E-state index contributed by atoms with van der Waals surface area (Å²) >= 11 is 5.81. The van der Waals surface area contributed by atoms with Crippen molar-refractivity contribution < 1.29 is 23.8 Å². The first kappa shape index (κ1) is 16.8. The standard InChI is InChI=1S/C16H13ClFNO4/c1-9(23-16(22)11-4-2-3-5-14(11)20)15(21)19-13-7-6-10(18)8-12(13)17/h2-9,20H,1H3,(H,19,21)/t9-/m1/s1. The smallest absolute Gasteiger partial charge is 0.342 e. The third-order valence-corrected chi connectivity index (χ3v) is 3.28. The minimum atomic E-state index is -1.14. The Kier molecular flexibility index (Phi) is 5.18. The molecule has 0 unspecified atom stereocenters. The summed E-state index contributed by atoms with van der Waals surface area (Å²) in [7, 11) is 0. The van der Waals surface area contributed by atoms with Crippen molar-refractivity contribution in [2.45, 2.75) is 13.0 Å². The van der Waals surface area contributed by atoms with Gasteiger partial charge in [0.25, 0.3) is 5.91 Å². The molecular weight excluding hydrogens is 325 g/mol. The van der Waals surface area contributed by atoms with Gasteiger partial charge in [0.1, 0.15) is 17.1 Å². The molecule has 7 heteroatoms. The van der Waals surface area contributed by atoms with Crippen LogP contribution in [0.5, 0.6) is 5.75 Å². The number of amides is 1. The van der Waals surface area contributed by atoms with E-state index in [1.807, 2.05) is 0 Å². The summed E-state index contributed by atoms with van der Waals surface area (Å²) in [5.74, 6) is -2.25. The fraction of sp³-hybridized carbons (Fsp3) is 0.125. The monoisotopic (exact) mass is 337 g/mol. The molecule has 0 spiro atoms. The normalized spacial score (nSPS) is 11.6. The molecule has 1 amide bonds. The lowest BCUT2D eigenvalue weighted by Crippen LogP contribution is -2.30. The van der Waals surface area contributed by atoms with E-state index in [1.165, 1.54) is 25.1 Å². The Labute approximate surface area is 136 Å². The Morgan fingerprint density at radius 2 is 1.96 bits per heavy atom. The lowest BCUT2D eigenvalue weighted by molar-refractivity contribution is -0.123. The highest BCUT2D eigenvalue weighted by atomic mass is 35.5. The number of para-hydroxylation sites is 1. The molecule has 0 aliphatic heterocycles. The fourth-order valence-electron chi connectivity index (χ4n) is 1.75. The molecule has 0 saturated carbocycles. The molecule has 0 saturated heterocycles. The van der Waals surface area contributed by atoms with E-state index in [9.17, 15) is 19.1 Å². The lowest BCUT2D eigenvalue weighted by atomic mass is 10.2. The average Bonchev–Trinajstić information content (AvgIpc) is 2.50. The van der Waals surface area contributed by atoms with Crippen LogP contribution in [0.4, 0.5) is 10.1 Å². The Hall–Kier alpha value is -2.60. The predicted molar refractivity (Wildman–Crippen MR) is 83.0 cm³/mol. The molecule has 0 aliphatic carbocycles. The molecule has 120 valence electrons. The minimum Gasteiger partial charge on any atom is -0.507 e. The van der Waals surface area contributed by atoms with E-state index >= 15 is 0 Å². The van der Waals surface area contributed by atoms with Crippen LogP contribution in [0.15, 0.2) is 42.5 Å². The molecule has 23 heavy (non-hydrogen) atoms. The van der Waals surface area contributed by atoms with Crippen molar-refractivity contribution in [3.05, 3.63) is 58.9 Å². The highest BCUT2D eigenvalue weighted by Crippen LogP contribution is 2.23. The van der Waals surface area contributed by atoms with Crippen LogP contribution in [0.1, 0.15) is 17.3 Å². The number of benzene rings is 2. The van der Waals surface area contributed by atoms with Crippen LogP contribution >= 0.6 is 11.6 Å². The van der Waals surface area contributed by atoms with Crippen molar-refractivity contribution in [3.63, 3.8) is 0 Å². The molecule has 0 heterocycles. The first-order valence-corrected chi connectivity index (χ1v) is 7.01. The van der Waals surface area contributed by atoms with Gasteiger partial charge >= 0.3 is 5.97 Å². The van der Waals surface area contributed by atoms with Crippen LogP contribution in [0, 0.1) is 5.82 Å². The maximum Gasteiger partial charge on any atom is 0.342 e. The highest BCUT2D eigenvalue weighted by Gasteiger charge is 2.21. The number of ether oxygens (including phenoxy) is 1. The van der Waals surface area contributed by atoms with Crippen molar-refractivity contribution in [3.8, 4) is 5.75 Å². The average molecular weight is 338 g/mol. The number of esters is 1. The van der Waals surface area contributed by atoms with Crippen molar-refractivity contribution >= 4 is 29.2 Å². The van der Waals surface area contributed by atoms with Crippen molar-refractivity contribution in [1.82, 2.24) is 0 Å². The fourth-order valence-corrected chi connectivity index (χ4v) is 1.96. The highest BCUT2D eigenvalue weighted by molar-refractivity contribution is 6.33. The van der Waals surface area contributed by atoms with E-state index in [0.717, 1.165) is 12.1 Å². The van der Waals surface area contributed by atoms with E-state index in [1.54, 1.807) is 12.1 Å². The summed E-state index contributed by atoms with van der Waals surface area (Å²) in [6.07, 6.45) is -1.14. The zero-order valence-electron chi connectivity index (χ0n) is 12.0. The summed E-state index contributed by atoms with van der Waals surface area (Å²) in [6.45, 7) is 1.37. The number of aromatic hydroxyl groups is 1. The Balaban J connectivity index is 2.03. The van der Waals surface area contributed by atoms with Crippen LogP contribution in [-0.2, 0) is 9.53 Å². The van der Waals surface area contributed by atoms with Crippen LogP contribution in [-0.4, -0.2) is 23.1 Å². The number of hydrogen-bond acceptors (Lipinski definition) is 4. The molecule has 0 fully saturated rings. The zero-order chi connectivity index (χ0) is 17.0. The molecule has 0 aliphatic rings. The van der Waals surface area contributed by atoms with E-state index in [-0.39, 0.29) is 22.0 Å². The number of phenols is 1. The van der Waals surface area contributed by atoms with Gasteiger partial charge in [-0.3, -0.25) is 4.79 Å². The van der Waals surface area contributed by atoms with Gasteiger partial charge in [-0.1, -0.05) is 23.7 Å². The molecule has 1 atom stereocenters. The molecule has 2 N–H and O–H groups in total. The predicted octanol–water partition coefficient (Wildman–Crippen LogP) is 3.37. The van der Waals surface area contributed by atoms with Crippen molar-refractivity contribution in [1.29, 1.82) is 0 Å². The minimum absolute atomic E-state index is 0.0255. The molecule has 2 rings (SSSR count). The van der Waals surface area contributed by atoms with E-state index in [0.29, 0.717) is 0 Å². The molecule has 5 nitrogen and oxygen atoms in total. The lowest BCUT2D eigenvalue weighted by Gasteiger charge is -2.14. The number of phenolic OH excluding ortho intramolecular Hbond substituents is 1. The van der Waals surface area contributed by atoms with Crippen LogP contribution in [0.3, 0.4) is 0 Å². The largest absolute Gasteiger partial charge is 0.507 e. The summed E-state index contributed by atoms with van der Waals surface area (Å²) in [6, 6.07) is 9.31. The van der Waals surface area contributed by atoms with Gasteiger partial charge in [-0.25, -0.2) is 9.18 Å². The van der Waals surface area contributed by atoms with Gasteiger partial charge in [-0.2, -0.15) is 0 Å². The van der Waals surface area contributed by atoms with E-state index in [2.05, 4.69) is 5.32 Å². The van der Waals surface area contributed by atoms with Gasteiger partial charge in [0.05, 0.1) is 10.7 Å². The number of carbonyl (C=O) groups is 2. The van der Waals surface area contributed by atoms with Crippen LogP contribution < -0.4 is 5.32 Å². The first-order chi connectivity index (χ1) is 10.9. The Morgan fingerprint density at radius 3 is 2.61 bits per heavy atom. The number of hydrogen-bond donors (Lipinski definition) is 2. The van der Waals surface area contributed by atoms with Gasteiger partial charge in [-0.05, 0) is 37.3 Å². The van der Waals surface area contributed by atoms with Gasteiger partial charge in [0.2, 0.25) is 0 Å². The summed E-state index contributed by atoms with van der Waals surface area (Å²) < 4.78 is 17.9. The third kappa shape index (κ3) is 4.20. The second kappa shape index (κ2) is 7.11. The van der Waals surface area contributed by atoms with Crippen LogP contribution in [0.2, 0.25) is 5.02 Å². The molecule has 0 bridgehead atoms. The molecule has 0 aromatic heterocycles. The maximum absolute atomic E-state index is 13.0. The number of nitrogens with one attached hydrogen (secondary N) is 1. The van der Waals surface area contributed by atoms with Crippen molar-refractivity contribution in [2.75, 3.05) is 5.32 Å². The maximum atomic E-state index is 13.0. The molecular formula is C16H13ClFNO4. The topological polar surface area (TPSA) is 75.6 Å². The molecule has 2 aromatic carbocycles. The van der Waals surface area contributed by atoms with Crippen LogP contribution in [0.25, 0.3) is 0 Å². The number of carbonyl (C=O) groups excluding carboxylic acids is 2. The van der Waals surface area contributed by atoms with Gasteiger partial charge in [0.15, 0.2) is 6.10 Å². The molecule has 2 aromatic rings. The van der Waals surface area contributed by atoms with Gasteiger partial charge in [0, 0.05) is 0 Å². The summed E-state index contributed by atoms with van der Waals surface area (Å²) in [4.78, 5) is 23.9. The summed E-state index contributed by atoms with van der Waals surface area (Å²) in [5, 5.41) is 12.0. The van der Waals surface area contributed by atoms with Gasteiger partial charge in [-0.15, -0.1) is 0 Å². The van der Waals surface area contributed by atoms with E-state index in [4.69, 9.17) is 16.3 Å². The molecule has 0 radical (unpaired) electrons. The second-order valence-electron chi connectivity index (χ2n) is 4.68. The Morgan fingerprint density at radius 1 is 1.26 bits per heavy atom. The second-order valence-corrected chi connectivity index (χ2v) is 5.09. The third-order valence-electron chi connectivity index (χ3n) is 2.97. The number of halogens is 2. The number of rotatable bonds is 4. The quantitative estimate of drug-likeness (QED) is 0.839. The number of anilines is 1. The summed E-state index contributed by atoms with van der Waals surface area (Å²) in [5.41, 5.74) is 0.149. The first-order valence-electron chi connectivity index (χ1n) is 6.63. The van der Waals surface area contributed by atoms with Gasteiger partial charge < -0.3 is 15.2 Å². The Bertz CT molecular complexity index is 751. The SMILES string of the molecule is C[C@@H](OC(=O)c1ccccc1O)C(=O)Nc1ccc(F)cc1Cl.